The van der Waals surface area contributed by atoms with Crippen LogP contribution in [0.1, 0.15) is 34.0 Å². The lowest BCUT2D eigenvalue weighted by Gasteiger charge is -2.23. The first kappa shape index (κ1) is 12.8. The highest BCUT2D eigenvalue weighted by Gasteiger charge is 2.31. The second kappa shape index (κ2) is 4.58. The van der Waals surface area contributed by atoms with Crippen LogP contribution in [-0.2, 0) is 5.41 Å². The predicted molar refractivity (Wildman–Crippen MR) is 77.3 cm³/mol. The van der Waals surface area contributed by atoms with Crippen molar-refractivity contribution >= 4 is 22.8 Å². The van der Waals surface area contributed by atoms with Crippen LogP contribution in [0.5, 0.6) is 0 Å². The molecule has 18 heavy (non-hydrogen) atoms. The number of carbonyl (C=O) groups is 1. The van der Waals surface area contributed by atoms with E-state index in [9.17, 15) is 4.79 Å². The molecule has 0 saturated carbocycles. The van der Waals surface area contributed by atoms with Crippen LogP contribution in [0.25, 0.3) is 0 Å². The first-order chi connectivity index (χ1) is 8.41. The van der Waals surface area contributed by atoms with Gasteiger partial charge in [0.25, 0.3) is 0 Å². The van der Waals surface area contributed by atoms with E-state index < -0.39 is 5.41 Å². The first-order valence-electron chi connectivity index (χ1n) is 5.88. The second-order valence-corrected chi connectivity index (χ2v) is 6.27. The van der Waals surface area contributed by atoms with E-state index in [1.54, 1.807) is 11.3 Å². The van der Waals surface area contributed by atoms with E-state index in [4.69, 9.17) is 5.73 Å². The van der Waals surface area contributed by atoms with Crippen LogP contribution in [0.15, 0.2) is 36.4 Å². The summed E-state index contributed by atoms with van der Waals surface area (Å²) >= 11 is 1.55. The zero-order chi connectivity index (χ0) is 13.3. The van der Waals surface area contributed by atoms with Crippen LogP contribution in [-0.4, -0.2) is 5.78 Å². The van der Waals surface area contributed by atoms with E-state index >= 15 is 0 Å². The van der Waals surface area contributed by atoms with Gasteiger partial charge in [-0.2, -0.15) is 0 Å². The average Bonchev–Trinajstić information content (AvgIpc) is 2.75. The van der Waals surface area contributed by atoms with Gasteiger partial charge in [-0.05, 0) is 50.6 Å². The number of Topliss-reactive ketones (excluding diaryl/α,β-unsaturated/α-hetero) is 1. The third kappa shape index (κ3) is 2.31. The Morgan fingerprint density at radius 1 is 1.11 bits per heavy atom. The maximum Gasteiger partial charge on any atom is 0.182 e. The molecule has 0 aliphatic carbocycles. The van der Waals surface area contributed by atoms with Crippen LogP contribution < -0.4 is 5.73 Å². The highest BCUT2D eigenvalue weighted by atomic mass is 32.1. The van der Waals surface area contributed by atoms with Crippen molar-refractivity contribution < 1.29 is 4.79 Å². The predicted octanol–water partition coefficient (Wildman–Crippen LogP) is 3.80. The molecule has 0 amide bonds. The number of hydrogen-bond donors (Lipinski definition) is 1. The number of rotatable bonds is 3. The molecule has 0 radical (unpaired) electrons. The number of benzene rings is 1. The molecule has 1 aromatic heterocycles. The Bertz CT molecular complexity index is 566. The van der Waals surface area contributed by atoms with Crippen molar-refractivity contribution in [1.82, 2.24) is 0 Å². The molecule has 0 atom stereocenters. The molecule has 0 spiro atoms. The second-order valence-electron chi connectivity index (χ2n) is 4.99. The van der Waals surface area contributed by atoms with E-state index in [0.29, 0.717) is 5.69 Å². The Kier molecular flexibility index (Phi) is 3.26. The fourth-order valence-corrected chi connectivity index (χ4v) is 2.86. The molecule has 0 aliphatic heterocycles. The Labute approximate surface area is 111 Å². The molecular formula is C15H17NOS. The molecule has 3 heteroatoms. The Hall–Kier alpha value is -1.61. The molecule has 2 nitrogen and oxygen atoms in total. The molecule has 0 aliphatic rings. The van der Waals surface area contributed by atoms with E-state index in [1.807, 2.05) is 57.2 Å². The molecule has 2 N–H and O–H groups in total. The monoisotopic (exact) mass is 259 g/mol. The summed E-state index contributed by atoms with van der Waals surface area (Å²) in [6, 6.07) is 11.4. The molecule has 94 valence electrons. The van der Waals surface area contributed by atoms with Gasteiger partial charge in [0.05, 0.1) is 10.3 Å². The maximum atomic E-state index is 12.5. The quantitative estimate of drug-likeness (QED) is 0.673. The van der Waals surface area contributed by atoms with Crippen molar-refractivity contribution in [2.45, 2.75) is 26.2 Å². The molecule has 0 unspecified atom stereocenters. The zero-order valence-corrected chi connectivity index (χ0v) is 11.7. The molecule has 0 fully saturated rings. The standard InChI is InChI=1S/C15H17NOS/c1-10-4-9-13(18-10)14(17)15(2,3)11-5-7-12(16)8-6-11/h4-9H,16H2,1-3H3. The van der Waals surface area contributed by atoms with Crippen molar-refractivity contribution in [1.29, 1.82) is 0 Å². The summed E-state index contributed by atoms with van der Waals surface area (Å²) in [6.45, 7) is 5.92. The third-order valence-corrected chi connectivity index (χ3v) is 4.16. The van der Waals surface area contributed by atoms with Gasteiger partial charge in [-0.1, -0.05) is 12.1 Å². The van der Waals surface area contributed by atoms with E-state index in [2.05, 4.69) is 0 Å². The first-order valence-corrected chi connectivity index (χ1v) is 6.70. The molecule has 2 rings (SSSR count). The van der Waals surface area contributed by atoms with Crippen LogP contribution in [0.4, 0.5) is 5.69 Å². The fraction of sp³-hybridized carbons (Fsp3) is 0.267. The largest absolute Gasteiger partial charge is 0.399 e. The number of ketones is 1. The summed E-state index contributed by atoms with van der Waals surface area (Å²) in [7, 11) is 0. The number of nitrogen functional groups attached to an aromatic ring is 1. The minimum absolute atomic E-state index is 0.158. The van der Waals surface area contributed by atoms with Gasteiger partial charge in [0, 0.05) is 10.6 Å². The highest BCUT2D eigenvalue weighted by Crippen LogP contribution is 2.30. The van der Waals surface area contributed by atoms with Crippen molar-refractivity contribution in [2.75, 3.05) is 5.73 Å². The van der Waals surface area contributed by atoms with Gasteiger partial charge >= 0.3 is 0 Å². The average molecular weight is 259 g/mol. The summed E-state index contributed by atoms with van der Waals surface area (Å²) in [5, 5.41) is 0. The summed E-state index contributed by atoms with van der Waals surface area (Å²) in [5.41, 5.74) is 6.86. The van der Waals surface area contributed by atoms with Crippen LogP contribution in [0.3, 0.4) is 0 Å². The Morgan fingerprint density at radius 2 is 1.72 bits per heavy atom. The van der Waals surface area contributed by atoms with Crippen LogP contribution in [0.2, 0.25) is 0 Å². The van der Waals surface area contributed by atoms with Gasteiger partial charge in [0.15, 0.2) is 5.78 Å². The summed E-state index contributed by atoms with van der Waals surface area (Å²) < 4.78 is 0. The topological polar surface area (TPSA) is 43.1 Å². The summed E-state index contributed by atoms with van der Waals surface area (Å²) in [6.07, 6.45) is 0. The summed E-state index contributed by atoms with van der Waals surface area (Å²) in [5.74, 6) is 0.158. The SMILES string of the molecule is Cc1ccc(C(=O)C(C)(C)c2ccc(N)cc2)s1. The van der Waals surface area contributed by atoms with Gasteiger partial charge in [0.2, 0.25) is 0 Å². The van der Waals surface area contributed by atoms with Gasteiger partial charge < -0.3 is 5.73 Å². The van der Waals surface area contributed by atoms with Crippen molar-refractivity contribution in [3.8, 4) is 0 Å². The molecular weight excluding hydrogens is 242 g/mol. The lowest BCUT2D eigenvalue weighted by atomic mass is 9.80. The molecule has 2 aromatic rings. The van der Waals surface area contributed by atoms with E-state index in [-0.39, 0.29) is 5.78 Å². The normalized spacial score (nSPS) is 11.5. The number of anilines is 1. The van der Waals surface area contributed by atoms with Crippen molar-refractivity contribution in [2.24, 2.45) is 0 Å². The molecule has 1 aromatic carbocycles. The lowest BCUT2D eigenvalue weighted by molar-refractivity contribution is 0.0913. The van der Waals surface area contributed by atoms with Gasteiger partial charge in [-0.3, -0.25) is 4.79 Å². The van der Waals surface area contributed by atoms with E-state index in [1.165, 1.54) is 0 Å². The van der Waals surface area contributed by atoms with Gasteiger partial charge in [-0.25, -0.2) is 0 Å². The lowest BCUT2D eigenvalue weighted by Crippen LogP contribution is -2.28. The molecule has 0 bridgehead atoms. The van der Waals surface area contributed by atoms with Crippen LogP contribution >= 0.6 is 11.3 Å². The zero-order valence-electron chi connectivity index (χ0n) is 10.9. The number of aryl methyl sites for hydroxylation is 1. The van der Waals surface area contributed by atoms with Crippen molar-refractivity contribution in [3.05, 3.63) is 51.7 Å². The van der Waals surface area contributed by atoms with Crippen LogP contribution in [0, 0.1) is 6.92 Å². The van der Waals surface area contributed by atoms with Gasteiger partial charge in [0.1, 0.15) is 0 Å². The minimum atomic E-state index is -0.523. The molecule has 1 heterocycles. The van der Waals surface area contributed by atoms with Crippen molar-refractivity contribution in [3.63, 3.8) is 0 Å². The number of thiophene rings is 1. The maximum absolute atomic E-state index is 12.5. The highest BCUT2D eigenvalue weighted by molar-refractivity contribution is 7.14. The van der Waals surface area contributed by atoms with E-state index in [0.717, 1.165) is 15.3 Å². The Balaban J connectivity index is 2.36. The summed E-state index contributed by atoms with van der Waals surface area (Å²) in [4.78, 5) is 14.5. The smallest absolute Gasteiger partial charge is 0.182 e. The Morgan fingerprint density at radius 3 is 2.22 bits per heavy atom. The van der Waals surface area contributed by atoms with Gasteiger partial charge in [-0.15, -0.1) is 11.3 Å². The third-order valence-electron chi connectivity index (χ3n) is 3.16. The fourth-order valence-electron chi connectivity index (χ4n) is 1.90. The molecule has 0 saturated heterocycles. The number of carbonyl (C=O) groups excluding carboxylic acids is 1. The minimum Gasteiger partial charge on any atom is -0.399 e. The number of hydrogen-bond acceptors (Lipinski definition) is 3. The number of nitrogens with two attached hydrogens (primary N) is 1.